The van der Waals surface area contributed by atoms with E-state index < -0.39 is 4.92 Å². The van der Waals surface area contributed by atoms with Crippen LogP contribution in [-0.2, 0) is 13.1 Å². The van der Waals surface area contributed by atoms with Gasteiger partial charge in [-0.2, -0.15) is 5.10 Å². The SMILES string of the molecule is O=[N+]([O-])c1cc(CNCCn2cccn2)ccc1Br. The van der Waals surface area contributed by atoms with Crippen LogP contribution in [0.1, 0.15) is 5.56 Å². The van der Waals surface area contributed by atoms with E-state index in [4.69, 9.17) is 0 Å². The standard InChI is InChI=1S/C12H13BrN4O2/c13-11-3-2-10(8-12(11)17(18)19)9-14-5-7-16-6-1-4-15-16/h1-4,6,8,14H,5,7,9H2. The van der Waals surface area contributed by atoms with Gasteiger partial charge in [-0.05, 0) is 33.6 Å². The molecular formula is C12H13BrN4O2. The Hall–Kier alpha value is -1.73. The molecule has 0 saturated heterocycles. The first-order valence-corrected chi connectivity index (χ1v) is 6.57. The predicted molar refractivity (Wildman–Crippen MR) is 74.7 cm³/mol. The molecule has 0 aliphatic carbocycles. The largest absolute Gasteiger partial charge is 0.311 e. The number of hydrogen-bond donors (Lipinski definition) is 1. The first kappa shape index (κ1) is 13.7. The van der Waals surface area contributed by atoms with Gasteiger partial charge in [0.2, 0.25) is 0 Å². The Morgan fingerprint density at radius 3 is 3.00 bits per heavy atom. The third kappa shape index (κ3) is 3.87. The number of halogens is 1. The Bertz CT molecular complexity index is 557. The molecular weight excluding hydrogens is 312 g/mol. The van der Waals surface area contributed by atoms with Crippen LogP contribution in [0.2, 0.25) is 0 Å². The van der Waals surface area contributed by atoms with Crippen LogP contribution in [-0.4, -0.2) is 21.2 Å². The molecule has 7 heteroatoms. The monoisotopic (exact) mass is 324 g/mol. The zero-order valence-electron chi connectivity index (χ0n) is 10.1. The summed E-state index contributed by atoms with van der Waals surface area (Å²) in [4.78, 5) is 10.4. The molecule has 0 saturated carbocycles. The summed E-state index contributed by atoms with van der Waals surface area (Å²) in [6, 6.07) is 7.00. The lowest BCUT2D eigenvalue weighted by Crippen LogP contribution is -2.19. The average Bonchev–Trinajstić information content (AvgIpc) is 2.89. The lowest BCUT2D eigenvalue weighted by molar-refractivity contribution is -0.385. The number of nitro groups is 1. The van der Waals surface area contributed by atoms with Gasteiger partial charge in [0.1, 0.15) is 0 Å². The summed E-state index contributed by atoms with van der Waals surface area (Å²) in [5.74, 6) is 0. The quantitative estimate of drug-likeness (QED) is 0.503. The lowest BCUT2D eigenvalue weighted by atomic mass is 10.2. The van der Waals surface area contributed by atoms with Crippen molar-refractivity contribution < 1.29 is 4.92 Å². The molecule has 100 valence electrons. The maximum Gasteiger partial charge on any atom is 0.283 e. The minimum atomic E-state index is -0.392. The fraction of sp³-hybridized carbons (Fsp3) is 0.250. The normalized spacial score (nSPS) is 10.6. The van der Waals surface area contributed by atoms with Crippen LogP contribution in [0.25, 0.3) is 0 Å². The van der Waals surface area contributed by atoms with Crippen molar-refractivity contribution in [3.8, 4) is 0 Å². The average molecular weight is 325 g/mol. The highest BCUT2D eigenvalue weighted by Crippen LogP contribution is 2.25. The van der Waals surface area contributed by atoms with Gasteiger partial charge in [-0.1, -0.05) is 6.07 Å². The number of nitro benzene ring substituents is 1. The van der Waals surface area contributed by atoms with Crippen LogP contribution in [0.3, 0.4) is 0 Å². The van der Waals surface area contributed by atoms with E-state index in [1.54, 1.807) is 18.3 Å². The van der Waals surface area contributed by atoms with Crippen LogP contribution in [0.4, 0.5) is 5.69 Å². The number of aromatic nitrogens is 2. The summed E-state index contributed by atoms with van der Waals surface area (Å²) in [5, 5.41) is 18.1. The molecule has 1 heterocycles. The highest BCUT2D eigenvalue weighted by Gasteiger charge is 2.11. The molecule has 0 spiro atoms. The van der Waals surface area contributed by atoms with Gasteiger partial charge < -0.3 is 5.32 Å². The zero-order chi connectivity index (χ0) is 13.7. The van der Waals surface area contributed by atoms with Crippen LogP contribution in [0.15, 0.2) is 41.1 Å². The van der Waals surface area contributed by atoms with Crippen LogP contribution < -0.4 is 5.32 Å². The summed E-state index contributed by atoms with van der Waals surface area (Å²) in [6.45, 7) is 2.12. The van der Waals surface area contributed by atoms with Crippen molar-refractivity contribution in [3.05, 3.63) is 56.8 Å². The lowest BCUT2D eigenvalue weighted by Gasteiger charge is -2.06. The van der Waals surface area contributed by atoms with Gasteiger partial charge in [0.25, 0.3) is 5.69 Å². The Morgan fingerprint density at radius 2 is 2.32 bits per heavy atom. The molecule has 0 radical (unpaired) electrons. The topological polar surface area (TPSA) is 73.0 Å². The fourth-order valence-corrected chi connectivity index (χ4v) is 2.06. The highest BCUT2D eigenvalue weighted by atomic mass is 79.9. The van der Waals surface area contributed by atoms with E-state index in [9.17, 15) is 10.1 Å². The summed E-state index contributed by atoms with van der Waals surface area (Å²) in [5.41, 5.74) is 0.974. The molecule has 0 atom stereocenters. The van der Waals surface area contributed by atoms with E-state index >= 15 is 0 Å². The number of hydrogen-bond acceptors (Lipinski definition) is 4. The minimum absolute atomic E-state index is 0.0892. The molecule has 0 aliphatic rings. The van der Waals surface area contributed by atoms with E-state index in [1.165, 1.54) is 0 Å². The van der Waals surface area contributed by atoms with E-state index in [0.29, 0.717) is 11.0 Å². The van der Waals surface area contributed by atoms with Crippen molar-refractivity contribution in [2.45, 2.75) is 13.1 Å². The molecule has 0 bridgehead atoms. The summed E-state index contributed by atoms with van der Waals surface area (Å²) in [7, 11) is 0. The molecule has 2 rings (SSSR count). The summed E-state index contributed by atoms with van der Waals surface area (Å²) < 4.78 is 2.33. The van der Waals surface area contributed by atoms with Gasteiger partial charge in [-0.15, -0.1) is 0 Å². The molecule has 0 aliphatic heterocycles. The molecule has 19 heavy (non-hydrogen) atoms. The maximum absolute atomic E-state index is 10.8. The van der Waals surface area contributed by atoms with Gasteiger partial charge in [0, 0.05) is 31.5 Å². The van der Waals surface area contributed by atoms with Crippen molar-refractivity contribution in [3.63, 3.8) is 0 Å². The van der Waals surface area contributed by atoms with Crippen LogP contribution in [0, 0.1) is 10.1 Å². The Kier molecular flexibility index (Phi) is 4.64. The van der Waals surface area contributed by atoms with Crippen molar-refractivity contribution in [1.29, 1.82) is 0 Å². The minimum Gasteiger partial charge on any atom is -0.311 e. The van der Waals surface area contributed by atoms with E-state index in [1.807, 2.05) is 23.0 Å². The first-order chi connectivity index (χ1) is 9.16. The third-order valence-electron chi connectivity index (χ3n) is 2.61. The molecule has 1 aromatic carbocycles. The Labute approximate surface area is 118 Å². The molecule has 2 aromatic rings. The first-order valence-electron chi connectivity index (χ1n) is 5.78. The highest BCUT2D eigenvalue weighted by molar-refractivity contribution is 9.10. The fourth-order valence-electron chi connectivity index (χ4n) is 1.67. The van der Waals surface area contributed by atoms with E-state index in [-0.39, 0.29) is 5.69 Å². The van der Waals surface area contributed by atoms with Crippen LogP contribution in [0.5, 0.6) is 0 Å². The van der Waals surface area contributed by atoms with Gasteiger partial charge in [-0.3, -0.25) is 14.8 Å². The second-order valence-corrected chi connectivity index (χ2v) is 4.84. The second kappa shape index (κ2) is 6.44. The molecule has 1 aromatic heterocycles. The van der Waals surface area contributed by atoms with Gasteiger partial charge in [-0.25, -0.2) is 0 Å². The van der Waals surface area contributed by atoms with Crippen molar-refractivity contribution in [2.24, 2.45) is 0 Å². The number of rotatable bonds is 6. The van der Waals surface area contributed by atoms with Gasteiger partial charge >= 0.3 is 0 Å². The number of nitrogens with one attached hydrogen (secondary N) is 1. The van der Waals surface area contributed by atoms with Crippen molar-refractivity contribution in [1.82, 2.24) is 15.1 Å². The van der Waals surface area contributed by atoms with E-state index in [0.717, 1.165) is 18.7 Å². The van der Waals surface area contributed by atoms with Crippen molar-refractivity contribution in [2.75, 3.05) is 6.54 Å². The molecule has 1 N–H and O–H groups in total. The molecule has 0 unspecified atom stereocenters. The number of benzene rings is 1. The molecule has 0 fully saturated rings. The van der Waals surface area contributed by atoms with Gasteiger partial charge in [0.15, 0.2) is 0 Å². The zero-order valence-corrected chi connectivity index (χ0v) is 11.7. The smallest absolute Gasteiger partial charge is 0.283 e. The molecule has 0 amide bonds. The number of nitrogens with zero attached hydrogens (tertiary/aromatic N) is 3. The van der Waals surface area contributed by atoms with Gasteiger partial charge in [0.05, 0.1) is 15.9 Å². The van der Waals surface area contributed by atoms with Crippen molar-refractivity contribution >= 4 is 21.6 Å². The third-order valence-corrected chi connectivity index (χ3v) is 3.28. The summed E-state index contributed by atoms with van der Waals surface area (Å²) >= 11 is 3.17. The van der Waals surface area contributed by atoms with E-state index in [2.05, 4.69) is 26.3 Å². The maximum atomic E-state index is 10.8. The van der Waals surface area contributed by atoms with Crippen LogP contribution >= 0.6 is 15.9 Å². The molecule has 6 nitrogen and oxygen atoms in total. The Morgan fingerprint density at radius 1 is 1.47 bits per heavy atom. The summed E-state index contributed by atoms with van der Waals surface area (Å²) in [6.07, 6.45) is 3.63. The second-order valence-electron chi connectivity index (χ2n) is 3.99. The Balaban J connectivity index is 1.86. The predicted octanol–water partition coefficient (Wildman–Crippen LogP) is 2.34.